The smallest absolute Gasteiger partial charge is 0.251 e. The maximum atomic E-state index is 12.0. The van der Waals surface area contributed by atoms with Crippen molar-refractivity contribution in [2.75, 3.05) is 46.4 Å². The molecule has 1 heterocycles. The number of hydrogen-bond donors (Lipinski definition) is 3. The number of carbonyl (C=O) groups is 1. The van der Waals surface area contributed by atoms with Crippen molar-refractivity contribution in [2.45, 2.75) is 13.3 Å². The van der Waals surface area contributed by atoms with Crippen molar-refractivity contribution < 1.29 is 14.6 Å². The van der Waals surface area contributed by atoms with Crippen LogP contribution >= 0.6 is 0 Å². The number of carbonyl (C=O) groups excluding carboxylic acids is 1. The number of guanidine groups is 1. The van der Waals surface area contributed by atoms with Gasteiger partial charge < -0.3 is 25.4 Å². The highest BCUT2D eigenvalue weighted by atomic mass is 16.5. The number of amides is 1. The molecule has 138 valence electrons. The third-order valence-corrected chi connectivity index (χ3v) is 4.04. The molecule has 3 N–H and O–H groups in total. The molecule has 2 rings (SSSR count). The van der Waals surface area contributed by atoms with E-state index in [1.807, 2.05) is 14.0 Å². The van der Waals surface area contributed by atoms with E-state index in [4.69, 9.17) is 4.74 Å². The molecule has 1 aromatic rings. The molecule has 0 aromatic heterocycles. The molecule has 1 saturated heterocycles. The lowest BCUT2D eigenvalue weighted by atomic mass is 10.1. The zero-order valence-corrected chi connectivity index (χ0v) is 15.0. The minimum absolute atomic E-state index is 0.145. The van der Waals surface area contributed by atoms with E-state index in [9.17, 15) is 9.90 Å². The number of ether oxygens (including phenoxy) is 1. The maximum Gasteiger partial charge on any atom is 0.251 e. The van der Waals surface area contributed by atoms with Crippen molar-refractivity contribution in [1.82, 2.24) is 15.5 Å². The Labute approximate surface area is 149 Å². The predicted octanol–water partition coefficient (Wildman–Crippen LogP) is 1.06. The summed E-state index contributed by atoms with van der Waals surface area (Å²) in [6.07, 6.45) is 1.09. The Morgan fingerprint density at radius 2 is 2.12 bits per heavy atom. The number of rotatable bonds is 7. The first-order valence-corrected chi connectivity index (χ1v) is 8.74. The molecule has 1 fully saturated rings. The fraction of sp³-hybridized carbons (Fsp3) is 0.556. The monoisotopic (exact) mass is 348 g/mol. The Bertz CT molecular complexity index is 568. The molecule has 25 heavy (non-hydrogen) atoms. The highest BCUT2D eigenvalue weighted by Gasteiger charge is 2.18. The fourth-order valence-electron chi connectivity index (χ4n) is 2.72. The normalized spacial score (nSPS) is 17.4. The van der Waals surface area contributed by atoms with Crippen LogP contribution in [-0.4, -0.2) is 68.3 Å². The van der Waals surface area contributed by atoms with Crippen molar-refractivity contribution in [3.8, 4) is 5.75 Å². The van der Waals surface area contributed by atoms with Crippen LogP contribution in [-0.2, 0) is 4.74 Å². The van der Waals surface area contributed by atoms with Crippen LogP contribution in [0, 0.1) is 5.92 Å². The third kappa shape index (κ3) is 6.26. The molecule has 7 heteroatoms. The molecule has 0 bridgehead atoms. The van der Waals surface area contributed by atoms with Gasteiger partial charge in [0.1, 0.15) is 5.75 Å². The van der Waals surface area contributed by atoms with Crippen molar-refractivity contribution in [1.29, 1.82) is 0 Å². The van der Waals surface area contributed by atoms with E-state index < -0.39 is 0 Å². The first-order chi connectivity index (χ1) is 12.1. The molecule has 7 nitrogen and oxygen atoms in total. The Morgan fingerprint density at radius 3 is 2.76 bits per heavy atom. The quantitative estimate of drug-likeness (QED) is 0.390. The lowest BCUT2D eigenvalue weighted by molar-refractivity contribution is 0.0955. The second kappa shape index (κ2) is 9.88. The molecule has 1 aliphatic rings. The third-order valence-electron chi connectivity index (χ3n) is 4.04. The summed E-state index contributed by atoms with van der Waals surface area (Å²) in [4.78, 5) is 18.7. The zero-order valence-electron chi connectivity index (χ0n) is 15.0. The van der Waals surface area contributed by atoms with E-state index in [2.05, 4.69) is 20.5 Å². The topological polar surface area (TPSA) is 86.2 Å². The van der Waals surface area contributed by atoms with Gasteiger partial charge in [-0.2, -0.15) is 0 Å². The Morgan fingerprint density at radius 1 is 1.36 bits per heavy atom. The Hall–Kier alpha value is -2.28. The number of phenolic OH excluding ortho intramolecular Hbond substituents is 1. The van der Waals surface area contributed by atoms with E-state index in [1.54, 1.807) is 12.1 Å². The summed E-state index contributed by atoms with van der Waals surface area (Å²) in [7, 11) is 2.02. The van der Waals surface area contributed by atoms with Crippen LogP contribution in [0.4, 0.5) is 0 Å². The number of benzene rings is 1. The first kappa shape index (κ1) is 19.1. The predicted molar refractivity (Wildman–Crippen MR) is 98.0 cm³/mol. The number of nitrogens with one attached hydrogen (secondary N) is 2. The average molecular weight is 348 g/mol. The van der Waals surface area contributed by atoms with E-state index >= 15 is 0 Å². The number of nitrogens with zero attached hydrogens (tertiary/aromatic N) is 2. The van der Waals surface area contributed by atoms with Crippen LogP contribution < -0.4 is 10.6 Å². The van der Waals surface area contributed by atoms with E-state index in [-0.39, 0.29) is 11.7 Å². The van der Waals surface area contributed by atoms with Gasteiger partial charge in [0.15, 0.2) is 5.96 Å². The standard InChI is InChI=1S/C18H28N4O3/c1-3-19-18(22(2)12-14-8-11-25-13-14)21-10-9-20-17(24)15-4-6-16(23)7-5-15/h4-7,14,23H,3,8-13H2,1-2H3,(H,19,21)(H,20,24). The first-order valence-electron chi connectivity index (χ1n) is 8.74. The number of aromatic hydroxyl groups is 1. The van der Waals surface area contributed by atoms with Crippen molar-refractivity contribution in [3.05, 3.63) is 29.8 Å². The summed E-state index contributed by atoms with van der Waals surface area (Å²) in [6.45, 7) is 6.35. The van der Waals surface area contributed by atoms with E-state index in [0.29, 0.717) is 24.6 Å². The van der Waals surface area contributed by atoms with Crippen LogP contribution in [0.1, 0.15) is 23.7 Å². The molecule has 1 aromatic carbocycles. The minimum Gasteiger partial charge on any atom is -0.508 e. The molecule has 0 radical (unpaired) electrons. The molecular formula is C18H28N4O3. The van der Waals surface area contributed by atoms with Crippen LogP contribution in [0.5, 0.6) is 5.75 Å². The van der Waals surface area contributed by atoms with Crippen LogP contribution in [0.15, 0.2) is 29.3 Å². The largest absolute Gasteiger partial charge is 0.508 e. The van der Waals surface area contributed by atoms with Gasteiger partial charge >= 0.3 is 0 Å². The van der Waals surface area contributed by atoms with Gasteiger partial charge in [0.25, 0.3) is 5.91 Å². The average Bonchev–Trinajstić information content (AvgIpc) is 3.11. The zero-order chi connectivity index (χ0) is 18.1. The second-order valence-corrected chi connectivity index (χ2v) is 6.15. The van der Waals surface area contributed by atoms with Gasteiger partial charge in [-0.15, -0.1) is 0 Å². The van der Waals surface area contributed by atoms with Gasteiger partial charge in [0.2, 0.25) is 0 Å². The van der Waals surface area contributed by atoms with E-state index in [0.717, 1.165) is 38.7 Å². The summed E-state index contributed by atoms with van der Waals surface area (Å²) in [6, 6.07) is 6.18. The van der Waals surface area contributed by atoms with Crippen molar-refractivity contribution in [2.24, 2.45) is 10.9 Å². The lowest BCUT2D eigenvalue weighted by Crippen LogP contribution is -2.42. The van der Waals surface area contributed by atoms with Gasteiger partial charge in [0.05, 0.1) is 13.2 Å². The summed E-state index contributed by atoms with van der Waals surface area (Å²) in [5.41, 5.74) is 0.520. The van der Waals surface area contributed by atoms with Gasteiger partial charge in [-0.1, -0.05) is 0 Å². The minimum atomic E-state index is -0.170. The summed E-state index contributed by atoms with van der Waals surface area (Å²) >= 11 is 0. The molecule has 0 aliphatic carbocycles. The number of aliphatic imine (C=N–C) groups is 1. The SMILES string of the molecule is CCNC(=NCCNC(=O)c1ccc(O)cc1)N(C)CC1CCOC1. The van der Waals surface area contributed by atoms with Gasteiger partial charge in [0, 0.05) is 44.8 Å². The molecule has 1 aliphatic heterocycles. The van der Waals surface area contributed by atoms with Gasteiger partial charge in [-0.25, -0.2) is 0 Å². The van der Waals surface area contributed by atoms with E-state index in [1.165, 1.54) is 12.1 Å². The summed E-state index contributed by atoms with van der Waals surface area (Å²) in [5, 5.41) is 15.4. The highest BCUT2D eigenvalue weighted by Crippen LogP contribution is 2.13. The molecule has 1 unspecified atom stereocenters. The van der Waals surface area contributed by atoms with Crippen LogP contribution in [0.2, 0.25) is 0 Å². The molecule has 0 saturated carbocycles. The number of hydrogen-bond acceptors (Lipinski definition) is 4. The number of phenols is 1. The summed E-state index contributed by atoms with van der Waals surface area (Å²) < 4.78 is 5.42. The van der Waals surface area contributed by atoms with Crippen LogP contribution in [0.3, 0.4) is 0 Å². The van der Waals surface area contributed by atoms with Crippen LogP contribution in [0.25, 0.3) is 0 Å². The lowest BCUT2D eigenvalue weighted by Gasteiger charge is -2.24. The molecular weight excluding hydrogens is 320 g/mol. The van der Waals surface area contributed by atoms with Gasteiger partial charge in [-0.3, -0.25) is 9.79 Å². The Kier molecular flexibility index (Phi) is 7.53. The van der Waals surface area contributed by atoms with Crippen molar-refractivity contribution >= 4 is 11.9 Å². The van der Waals surface area contributed by atoms with Crippen molar-refractivity contribution in [3.63, 3.8) is 0 Å². The summed E-state index contributed by atoms with van der Waals surface area (Å²) in [5.74, 6) is 1.36. The molecule has 0 spiro atoms. The second-order valence-electron chi connectivity index (χ2n) is 6.15. The fourth-order valence-corrected chi connectivity index (χ4v) is 2.72. The van der Waals surface area contributed by atoms with Gasteiger partial charge in [-0.05, 0) is 37.6 Å². The maximum absolute atomic E-state index is 12.0. The highest BCUT2D eigenvalue weighted by molar-refractivity contribution is 5.94. The molecule has 1 amide bonds. The molecule has 1 atom stereocenters. The Balaban J connectivity index is 1.79.